The molecule has 0 aliphatic heterocycles. The predicted octanol–water partition coefficient (Wildman–Crippen LogP) is 5.80. The minimum Gasteiger partial charge on any atom is -0.500 e. The average Bonchev–Trinajstić information content (AvgIpc) is 2.98. The Bertz CT molecular complexity index is 599. The molecule has 4 aliphatic carbocycles. The molecule has 4 rings (SSSR count). The highest BCUT2D eigenvalue weighted by molar-refractivity contribution is 5.52. The minimum absolute atomic E-state index is 0.129. The smallest absolute Gasteiger partial charge is 0.106 e. The molecule has 25 heavy (non-hydrogen) atoms. The lowest BCUT2D eigenvalue weighted by Gasteiger charge is -2.49. The number of allylic oxidation sites excluding steroid dienone is 5. The SMILES string of the molecule is CCCCOC1CC[C@H]2C(CC=C3C4=CC=C(OC)[C@@]4(C)CC[C@@H]32)C1. The zero-order chi connectivity index (χ0) is 17.4. The number of rotatable bonds is 5. The van der Waals surface area contributed by atoms with Crippen molar-refractivity contribution >= 4 is 0 Å². The molecule has 2 fully saturated rings. The second-order valence-corrected chi connectivity index (χ2v) is 8.77. The summed E-state index contributed by atoms with van der Waals surface area (Å²) in [4.78, 5) is 0. The van der Waals surface area contributed by atoms with Gasteiger partial charge in [-0.3, -0.25) is 0 Å². The first kappa shape index (κ1) is 17.4. The molecule has 0 radical (unpaired) electrons. The monoisotopic (exact) mass is 342 g/mol. The van der Waals surface area contributed by atoms with Gasteiger partial charge in [0.1, 0.15) is 5.76 Å². The largest absolute Gasteiger partial charge is 0.500 e. The third kappa shape index (κ3) is 2.91. The number of hydrogen-bond acceptors (Lipinski definition) is 2. The molecule has 0 amide bonds. The van der Waals surface area contributed by atoms with Crippen molar-refractivity contribution in [3.63, 3.8) is 0 Å². The molecule has 0 heterocycles. The van der Waals surface area contributed by atoms with Gasteiger partial charge in [-0.05, 0) is 86.8 Å². The molecule has 5 atom stereocenters. The summed E-state index contributed by atoms with van der Waals surface area (Å²) in [6.45, 7) is 5.58. The Morgan fingerprint density at radius 2 is 2.08 bits per heavy atom. The number of ether oxygens (including phenoxy) is 2. The van der Waals surface area contributed by atoms with Crippen LogP contribution < -0.4 is 0 Å². The molecular formula is C23H34O2. The summed E-state index contributed by atoms with van der Waals surface area (Å²) in [6.07, 6.45) is 17.8. The molecule has 0 aromatic heterocycles. The van der Waals surface area contributed by atoms with E-state index < -0.39 is 0 Å². The lowest BCUT2D eigenvalue weighted by atomic mass is 9.56. The summed E-state index contributed by atoms with van der Waals surface area (Å²) < 4.78 is 11.9. The van der Waals surface area contributed by atoms with Gasteiger partial charge in [-0.15, -0.1) is 0 Å². The van der Waals surface area contributed by atoms with Crippen LogP contribution in [0.25, 0.3) is 0 Å². The first-order valence-corrected chi connectivity index (χ1v) is 10.5. The molecule has 0 aromatic carbocycles. The van der Waals surface area contributed by atoms with E-state index in [9.17, 15) is 0 Å². The second-order valence-electron chi connectivity index (χ2n) is 8.77. The van der Waals surface area contributed by atoms with Crippen molar-refractivity contribution in [1.82, 2.24) is 0 Å². The van der Waals surface area contributed by atoms with Gasteiger partial charge in [0.25, 0.3) is 0 Å². The first-order chi connectivity index (χ1) is 12.2. The van der Waals surface area contributed by atoms with Crippen molar-refractivity contribution in [2.75, 3.05) is 13.7 Å². The molecule has 0 N–H and O–H groups in total. The predicted molar refractivity (Wildman–Crippen MR) is 102 cm³/mol. The number of hydrogen-bond donors (Lipinski definition) is 0. The van der Waals surface area contributed by atoms with Crippen LogP contribution in [0, 0.1) is 23.2 Å². The van der Waals surface area contributed by atoms with Crippen molar-refractivity contribution < 1.29 is 9.47 Å². The maximum Gasteiger partial charge on any atom is 0.106 e. The van der Waals surface area contributed by atoms with Crippen molar-refractivity contribution in [2.45, 2.75) is 71.3 Å². The van der Waals surface area contributed by atoms with Gasteiger partial charge in [-0.1, -0.05) is 25.5 Å². The molecule has 0 spiro atoms. The van der Waals surface area contributed by atoms with E-state index in [4.69, 9.17) is 9.47 Å². The van der Waals surface area contributed by atoms with Crippen LogP contribution >= 0.6 is 0 Å². The van der Waals surface area contributed by atoms with E-state index in [1.807, 2.05) is 7.11 Å². The van der Waals surface area contributed by atoms with Gasteiger partial charge in [0.05, 0.1) is 18.6 Å². The Balaban J connectivity index is 1.47. The molecule has 2 nitrogen and oxygen atoms in total. The molecule has 0 bridgehead atoms. The van der Waals surface area contributed by atoms with Crippen LogP contribution in [-0.2, 0) is 9.47 Å². The van der Waals surface area contributed by atoms with Crippen LogP contribution in [0.4, 0.5) is 0 Å². The molecule has 2 heteroatoms. The van der Waals surface area contributed by atoms with Crippen molar-refractivity contribution in [1.29, 1.82) is 0 Å². The van der Waals surface area contributed by atoms with E-state index in [-0.39, 0.29) is 5.41 Å². The average molecular weight is 343 g/mol. The summed E-state index contributed by atoms with van der Waals surface area (Å²) in [7, 11) is 1.82. The maximum atomic E-state index is 6.17. The highest BCUT2D eigenvalue weighted by Gasteiger charge is 2.49. The Morgan fingerprint density at radius 3 is 2.88 bits per heavy atom. The Kier molecular flexibility index (Phi) is 4.83. The van der Waals surface area contributed by atoms with Gasteiger partial charge in [0, 0.05) is 6.61 Å². The summed E-state index contributed by atoms with van der Waals surface area (Å²) in [5.41, 5.74) is 3.34. The van der Waals surface area contributed by atoms with Crippen LogP contribution in [0.3, 0.4) is 0 Å². The molecule has 4 aliphatic rings. The maximum absolute atomic E-state index is 6.17. The molecule has 2 saturated carbocycles. The zero-order valence-electron chi connectivity index (χ0n) is 16.2. The highest BCUT2D eigenvalue weighted by Crippen LogP contribution is 2.59. The number of unbranched alkanes of at least 4 members (excludes halogenated alkanes) is 1. The second kappa shape index (κ2) is 6.95. The molecule has 0 saturated heterocycles. The summed E-state index contributed by atoms with van der Waals surface area (Å²) >= 11 is 0. The van der Waals surface area contributed by atoms with E-state index in [1.165, 1.54) is 51.4 Å². The lowest BCUT2D eigenvalue weighted by Crippen LogP contribution is -2.41. The topological polar surface area (TPSA) is 18.5 Å². The van der Waals surface area contributed by atoms with E-state index in [0.29, 0.717) is 6.10 Å². The molecule has 2 unspecified atom stereocenters. The van der Waals surface area contributed by atoms with Crippen molar-refractivity contribution in [3.05, 3.63) is 35.1 Å². The number of fused-ring (bicyclic) bond motifs is 5. The van der Waals surface area contributed by atoms with Crippen molar-refractivity contribution in [2.24, 2.45) is 23.2 Å². The first-order valence-electron chi connectivity index (χ1n) is 10.5. The normalized spacial score (nSPS) is 39.6. The summed E-state index contributed by atoms with van der Waals surface area (Å²) in [5.74, 6) is 3.66. The standard InChI is InChI=1S/C23H34O2/c1-4-5-14-25-17-7-9-18-16(15-17)6-8-20-19(18)12-13-23(2)21(20)10-11-22(23)24-3/h8,10-11,16-19H,4-7,9,12-15H2,1-3H3/t16?,17?,18-,19+,23-/m0/s1. The van der Waals surface area contributed by atoms with Crippen LogP contribution in [-0.4, -0.2) is 19.8 Å². The third-order valence-corrected chi connectivity index (χ3v) is 7.43. The fourth-order valence-electron chi connectivity index (χ4n) is 6.00. The zero-order valence-corrected chi connectivity index (χ0v) is 16.2. The van der Waals surface area contributed by atoms with Gasteiger partial charge < -0.3 is 9.47 Å². The highest BCUT2D eigenvalue weighted by atomic mass is 16.5. The van der Waals surface area contributed by atoms with E-state index in [2.05, 4.69) is 32.1 Å². The summed E-state index contributed by atoms with van der Waals surface area (Å²) in [6, 6.07) is 0. The van der Waals surface area contributed by atoms with E-state index in [0.717, 1.165) is 30.1 Å². The fraction of sp³-hybridized carbons (Fsp3) is 0.739. The van der Waals surface area contributed by atoms with Gasteiger partial charge in [0.2, 0.25) is 0 Å². The van der Waals surface area contributed by atoms with Crippen LogP contribution in [0.1, 0.15) is 65.2 Å². The van der Waals surface area contributed by atoms with Crippen LogP contribution in [0.2, 0.25) is 0 Å². The Hall–Kier alpha value is -1.02. The third-order valence-electron chi connectivity index (χ3n) is 7.43. The van der Waals surface area contributed by atoms with Crippen molar-refractivity contribution in [3.8, 4) is 0 Å². The molecular weight excluding hydrogens is 308 g/mol. The lowest BCUT2D eigenvalue weighted by molar-refractivity contribution is -0.0170. The Morgan fingerprint density at radius 1 is 1.20 bits per heavy atom. The molecule has 0 aromatic rings. The summed E-state index contributed by atoms with van der Waals surface area (Å²) in [5, 5.41) is 0. The van der Waals surface area contributed by atoms with Crippen LogP contribution in [0.5, 0.6) is 0 Å². The minimum atomic E-state index is 0.129. The van der Waals surface area contributed by atoms with E-state index in [1.54, 1.807) is 11.1 Å². The van der Waals surface area contributed by atoms with E-state index >= 15 is 0 Å². The molecule has 138 valence electrons. The quantitative estimate of drug-likeness (QED) is 0.587. The van der Waals surface area contributed by atoms with Gasteiger partial charge in [0.15, 0.2) is 0 Å². The Labute approximate surface area is 153 Å². The van der Waals surface area contributed by atoms with Crippen LogP contribution in [0.15, 0.2) is 35.1 Å². The van der Waals surface area contributed by atoms with Gasteiger partial charge in [-0.2, -0.15) is 0 Å². The number of methoxy groups -OCH3 is 1. The van der Waals surface area contributed by atoms with Gasteiger partial charge in [-0.25, -0.2) is 0 Å². The fourth-order valence-corrected chi connectivity index (χ4v) is 6.00. The van der Waals surface area contributed by atoms with Gasteiger partial charge >= 0.3 is 0 Å².